The summed E-state index contributed by atoms with van der Waals surface area (Å²) in [6.45, 7) is 11.6. The van der Waals surface area contributed by atoms with Crippen molar-refractivity contribution in [3.05, 3.63) is 0 Å². The Balaban J connectivity index is 3.43. The van der Waals surface area contributed by atoms with Crippen molar-refractivity contribution in [1.82, 2.24) is 4.90 Å². The van der Waals surface area contributed by atoms with Crippen LogP contribution in [0.25, 0.3) is 0 Å². The quantitative estimate of drug-likeness (QED) is 0.411. The average molecular weight is 250 g/mol. The van der Waals surface area contributed by atoms with Gasteiger partial charge in [0.25, 0.3) is 0 Å². The molecule has 0 saturated heterocycles. The number of alkyl halides is 1. The second-order valence-electron chi connectivity index (χ2n) is 4.68. The van der Waals surface area contributed by atoms with E-state index in [0.29, 0.717) is 0 Å². The SMILES string of the molecule is CCCCN(CCCl)CCOCCC(C)C. The molecule has 0 unspecified atom stereocenters. The van der Waals surface area contributed by atoms with Gasteiger partial charge in [-0.15, -0.1) is 11.6 Å². The van der Waals surface area contributed by atoms with Crippen LogP contribution >= 0.6 is 11.6 Å². The molecule has 0 saturated carbocycles. The fourth-order valence-electron chi connectivity index (χ4n) is 1.45. The average Bonchev–Trinajstić information content (AvgIpc) is 2.24. The maximum Gasteiger partial charge on any atom is 0.0593 e. The van der Waals surface area contributed by atoms with E-state index >= 15 is 0 Å². The Labute approximate surface area is 106 Å². The molecule has 0 amide bonds. The van der Waals surface area contributed by atoms with Crippen LogP contribution in [0.15, 0.2) is 0 Å². The summed E-state index contributed by atoms with van der Waals surface area (Å²) in [5.41, 5.74) is 0. The molecule has 0 aromatic heterocycles. The van der Waals surface area contributed by atoms with E-state index in [1.54, 1.807) is 0 Å². The van der Waals surface area contributed by atoms with Gasteiger partial charge in [0.1, 0.15) is 0 Å². The van der Waals surface area contributed by atoms with E-state index < -0.39 is 0 Å². The molecule has 0 N–H and O–H groups in total. The molecule has 0 fully saturated rings. The molecular formula is C13H28ClNO. The van der Waals surface area contributed by atoms with Gasteiger partial charge in [-0.05, 0) is 25.3 Å². The first-order valence-corrected chi connectivity index (χ1v) is 7.10. The van der Waals surface area contributed by atoms with Gasteiger partial charge in [0.05, 0.1) is 6.61 Å². The molecule has 0 rings (SSSR count). The van der Waals surface area contributed by atoms with Gasteiger partial charge in [-0.25, -0.2) is 0 Å². The third-order valence-electron chi connectivity index (χ3n) is 2.62. The van der Waals surface area contributed by atoms with Crippen LogP contribution in [-0.2, 0) is 4.74 Å². The molecule has 98 valence electrons. The summed E-state index contributed by atoms with van der Waals surface area (Å²) in [4.78, 5) is 2.39. The minimum absolute atomic E-state index is 0.718. The minimum atomic E-state index is 0.718. The molecule has 0 bridgehead atoms. The van der Waals surface area contributed by atoms with Crippen LogP contribution in [0, 0.1) is 5.92 Å². The molecule has 0 aromatic rings. The Morgan fingerprint density at radius 3 is 2.44 bits per heavy atom. The number of halogens is 1. The number of nitrogens with zero attached hydrogens (tertiary/aromatic N) is 1. The van der Waals surface area contributed by atoms with Crippen molar-refractivity contribution in [2.24, 2.45) is 5.92 Å². The lowest BCUT2D eigenvalue weighted by Gasteiger charge is -2.20. The molecule has 0 spiro atoms. The Morgan fingerprint density at radius 2 is 1.88 bits per heavy atom. The zero-order chi connectivity index (χ0) is 12.2. The van der Waals surface area contributed by atoms with Crippen molar-refractivity contribution in [1.29, 1.82) is 0 Å². The topological polar surface area (TPSA) is 12.5 Å². The first kappa shape index (κ1) is 16.2. The Bertz CT molecular complexity index is 142. The Morgan fingerprint density at radius 1 is 1.12 bits per heavy atom. The van der Waals surface area contributed by atoms with E-state index in [9.17, 15) is 0 Å². The summed E-state index contributed by atoms with van der Waals surface area (Å²) in [5.74, 6) is 1.45. The van der Waals surface area contributed by atoms with Crippen LogP contribution in [-0.4, -0.2) is 43.6 Å². The van der Waals surface area contributed by atoms with Crippen molar-refractivity contribution < 1.29 is 4.74 Å². The molecule has 0 heterocycles. The lowest BCUT2D eigenvalue weighted by atomic mass is 10.1. The summed E-state index contributed by atoms with van der Waals surface area (Å²) in [5, 5.41) is 0. The Hall–Kier alpha value is 0.210. The van der Waals surface area contributed by atoms with E-state index in [0.717, 1.165) is 51.1 Å². The number of ether oxygens (including phenoxy) is 1. The number of hydrogen-bond acceptors (Lipinski definition) is 2. The number of unbranched alkanes of at least 4 members (excludes halogenated alkanes) is 1. The van der Waals surface area contributed by atoms with Gasteiger partial charge in [-0.1, -0.05) is 27.2 Å². The second kappa shape index (κ2) is 11.7. The molecule has 0 aliphatic carbocycles. The van der Waals surface area contributed by atoms with E-state index in [1.165, 1.54) is 12.8 Å². The fourth-order valence-corrected chi connectivity index (χ4v) is 1.69. The van der Waals surface area contributed by atoms with Gasteiger partial charge in [0.2, 0.25) is 0 Å². The standard InChI is InChI=1S/C13H28ClNO/c1-4-5-8-15(9-7-14)10-12-16-11-6-13(2)3/h13H,4-12H2,1-3H3. The van der Waals surface area contributed by atoms with Crippen LogP contribution in [0.1, 0.15) is 40.0 Å². The van der Waals surface area contributed by atoms with Crippen LogP contribution in [0.4, 0.5) is 0 Å². The predicted octanol–water partition coefficient (Wildman–Crippen LogP) is 3.39. The zero-order valence-corrected chi connectivity index (χ0v) is 11.9. The van der Waals surface area contributed by atoms with Crippen molar-refractivity contribution in [2.45, 2.75) is 40.0 Å². The van der Waals surface area contributed by atoms with Gasteiger partial charge in [0.15, 0.2) is 0 Å². The van der Waals surface area contributed by atoms with E-state index in [4.69, 9.17) is 16.3 Å². The van der Waals surface area contributed by atoms with Gasteiger partial charge >= 0.3 is 0 Å². The third kappa shape index (κ3) is 10.7. The summed E-state index contributed by atoms with van der Waals surface area (Å²) >= 11 is 5.77. The first-order valence-electron chi connectivity index (χ1n) is 6.56. The zero-order valence-electron chi connectivity index (χ0n) is 11.2. The summed E-state index contributed by atoms with van der Waals surface area (Å²) in [6, 6.07) is 0. The molecular weight excluding hydrogens is 222 g/mol. The molecule has 0 aliphatic rings. The van der Waals surface area contributed by atoms with E-state index in [-0.39, 0.29) is 0 Å². The first-order chi connectivity index (χ1) is 7.70. The second-order valence-corrected chi connectivity index (χ2v) is 5.06. The molecule has 0 aliphatic heterocycles. The highest BCUT2D eigenvalue weighted by molar-refractivity contribution is 6.18. The highest BCUT2D eigenvalue weighted by Crippen LogP contribution is 2.00. The maximum absolute atomic E-state index is 5.77. The van der Waals surface area contributed by atoms with Gasteiger partial charge in [-0.3, -0.25) is 4.90 Å². The normalized spacial score (nSPS) is 11.6. The van der Waals surface area contributed by atoms with Gasteiger partial charge in [-0.2, -0.15) is 0 Å². The maximum atomic E-state index is 5.77. The lowest BCUT2D eigenvalue weighted by molar-refractivity contribution is 0.0973. The van der Waals surface area contributed by atoms with Crippen LogP contribution < -0.4 is 0 Å². The largest absolute Gasteiger partial charge is 0.380 e. The summed E-state index contributed by atoms with van der Waals surface area (Å²) in [7, 11) is 0. The van der Waals surface area contributed by atoms with Crippen molar-refractivity contribution in [3.63, 3.8) is 0 Å². The fraction of sp³-hybridized carbons (Fsp3) is 1.00. The third-order valence-corrected chi connectivity index (χ3v) is 2.79. The molecule has 3 heteroatoms. The van der Waals surface area contributed by atoms with Gasteiger partial charge < -0.3 is 4.74 Å². The van der Waals surface area contributed by atoms with Crippen LogP contribution in [0.3, 0.4) is 0 Å². The highest BCUT2D eigenvalue weighted by atomic mass is 35.5. The van der Waals surface area contributed by atoms with E-state index in [2.05, 4.69) is 25.7 Å². The van der Waals surface area contributed by atoms with Crippen molar-refractivity contribution >= 4 is 11.6 Å². The van der Waals surface area contributed by atoms with Crippen molar-refractivity contribution in [3.8, 4) is 0 Å². The molecule has 16 heavy (non-hydrogen) atoms. The predicted molar refractivity (Wildman–Crippen MR) is 72.3 cm³/mol. The lowest BCUT2D eigenvalue weighted by Crippen LogP contribution is -2.30. The summed E-state index contributed by atoms with van der Waals surface area (Å²) in [6.07, 6.45) is 3.65. The molecule has 0 radical (unpaired) electrons. The monoisotopic (exact) mass is 249 g/mol. The number of hydrogen-bond donors (Lipinski definition) is 0. The van der Waals surface area contributed by atoms with Crippen molar-refractivity contribution in [2.75, 3.05) is 38.7 Å². The summed E-state index contributed by atoms with van der Waals surface area (Å²) < 4.78 is 5.62. The molecule has 2 nitrogen and oxygen atoms in total. The van der Waals surface area contributed by atoms with Gasteiger partial charge in [0, 0.05) is 25.6 Å². The molecule has 0 aromatic carbocycles. The highest BCUT2D eigenvalue weighted by Gasteiger charge is 2.03. The smallest absolute Gasteiger partial charge is 0.0593 e. The molecule has 0 atom stereocenters. The Kier molecular flexibility index (Phi) is 11.8. The van der Waals surface area contributed by atoms with Crippen LogP contribution in [0.5, 0.6) is 0 Å². The van der Waals surface area contributed by atoms with E-state index in [1.807, 2.05) is 0 Å². The number of rotatable bonds is 11. The van der Waals surface area contributed by atoms with Crippen LogP contribution in [0.2, 0.25) is 0 Å². The minimum Gasteiger partial charge on any atom is -0.380 e.